The fraction of sp³-hybridized carbons (Fsp3) is 0.320. The first kappa shape index (κ1) is 26.6. The molecular weight excluding hydrogens is 554 g/mol. The van der Waals surface area contributed by atoms with Crippen LogP contribution in [0.4, 0.5) is 10.1 Å². The van der Waals surface area contributed by atoms with E-state index in [1.807, 2.05) is 6.92 Å². The van der Waals surface area contributed by atoms with Gasteiger partial charge in [0.25, 0.3) is 10.0 Å². The molecule has 2 N–H and O–H groups in total. The number of ether oxygens (including phenoxy) is 1. The normalized spacial score (nSPS) is 15.2. The Labute approximate surface area is 229 Å². The standard InChI is InChI=1S/C25H25Cl2FN6O3S/c1-15-22-24(32-31-15)29-23(30-25(22)37-19-8-11-34(12-9-19)13-10-28)16-2-5-18(6-3-16)33-38(35,36)21-14-17(26)4-7-20(21)27/h2-7,14,19,33H,8-13H2,1H3,(H,29,30,31,32). The molecule has 1 saturated heterocycles. The van der Waals surface area contributed by atoms with E-state index in [1.54, 1.807) is 24.3 Å². The van der Waals surface area contributed by atoms with Crippen molar-refractivity contribution in [3.63, 3.8) is 0 Å². The molecule has 0 aliphatic carbocycles. The number of H-pyrrole nitrogens is 1. The second-order valence-corrected chi connectivity index (χ2v) is 11.5. The van der Waals surface area contributed by atoms with Crippen LogP contribution in [0.25, 0.3) is 22.4 Å². The van der Waals surface area contributed by atoms with Crippen molar-refractivity contribution in [3.8, 4) is 17.3 Å². The first-order valence-electron chi connectivity index (χ1n) is 12.0. The van der Waals surface area contributed by atoms with E-state index in [9.17, 15) is 12.8 Å². The van der Waals surface area contributed by atoms with E-state index in [-0.39, 0.29) is 27.7 Å². The number of sulfonamides is 1. The van der Waals surface area contributed by atoms with Crippen LogP contribution in [-0.4, -0.2) is 65.9 Å². The zero-order valence-electron chi connectivity index (χ0n) is 20.4. The second kappa shape index (κ2) is 11.0. The van der Waals surface area contributed by atoms with Crippen molar-refractivity contribution in [1.82, 2.24) is 25.1 Å². The van der Waals surface area contributed by atoms with Gasteiger partial charge in [-0.15, -0.1) is 0 Å². The Bertz CT molecular complexity index is 1560. The number of piperidine rings is 1. The van der Waals surface area contributed by atoms with E-state index < -0.39 is 10.0 Å². The lowest BCUT2D eigenvalue weighted by atomic mass is 10.1. The summed E-state index contributed by atoms with van der Waals surface area (Å²) in [6.07, 6.45) is 1.48. The minimum Gasteiger partial charge on any atom is -0.474 e. The van der Waals surface area contributed by atoms with E-state index in [0.717, 1.165) is 31.6 Å². The fourth-order valence-corrected chi connectivity index (χ4v) is 6.18. The highest BCUT2D eigenvalue weighted by Crippen LogP contribution is 2.31. The monoisotopic (exact) mass is 578 g/mol. The molecule has 2 aromatic carbocycles. The summed E-state index contributed by atoms with van der Waals surface area (Å²) in [5.41, 5.74) is 2.25. The number of hydrogen-bond acceptors (Lipinski definition) is 7. The molecule has 0 unspecified atom stereocenters. The van der Waals surface area contributed by atoms with Crippen LogP contribution in [0, 0.1) is 6.92 Å². The average Bonchev–Trinajstić information content (AvgIpc) is 3.28. The third-order valence-corrected chi connectivity index (χ3v) is 8.45. The van der Waals surface area contributed by atoms with Crippen LogP contribution in [-0.2, 0) is 10.0 Å². The number of anilines is 1. The number of likely N-dealkylation sites (tertiary alicyclic amines) is 1. The maximum absolute atomic E-state index is 12.8. The Hall–Kier alpha value is -2.99. The van der Waals surface area contributed by atoms with E-state index >= 15 is 0 Å². The van der Waals surface area contributed by atoms with Gasteiger partial charge in [0.1, 0.15) is 23.1 Å². The summed E-state index contributed by atoms with van der Waals surface area (Å²) in [4.78, 5) is 11.2. The number of rotatable bonds is 8. The second-order valence-electron chi connectivity index (χ2n) is 9.01. The highest BCUT2D eigenvalue weighted by molar-refractivity contribution is 7.92. The highest BCUT2D eigenvalue weighted by Gasteiger charge is 2.24. The number of nitrogens with zero attached hydrogens (tertiary/aromatic N) is 4. The molecule has 200 valence electrons. The number of fused-ring (bicyclic) bond motifs is 1. The van der Waals surface area contributed by atoms with E-state index in [4.69, 9.17) is 27.9 Å². The number of aryl methyl sites for hydroxylation is 1. The van der Waals surface area contributed by atoms with Crippen LogP contribution in [0.15, 0.2) is 47.4 Å². The van der Waals surface area contributed by atoms with Crippen molar-refractivity contribution in [1.29, 1.82) is 0 Å². The van der Waals surface area contributed by atoms with E-state index in [1.165, 1.54) is 18.2 Å². The number of nitrogens with one attached hydrogen (secondary N) is 2. The molecule has 0 atom stereocenters. The van der Waals surface area contributed by atoms with Crippen LogP contribution in [0.3, 0.4) is 0 Å². The largest absolute Gasteiger partial charge is 0.474 e. The van der Waals surface area contributed by atoms with Crippen molar-refractivity contribution < 1.29 is 17.5 Å². The summed E-state index contributed by atoms with van der Waals surface area (Å²) in [7, 11) is -3.96. The van der Waals surface area contributed by atoms with Crippen LogP contribution >= 0.6 is 23.2 Å². The van der Waals surface area contributed by atoms with Crippen LogP contribution in [0.2, 0.25) is 10.0 Å². The molecule has 1 fully saturated rings. The number of hydrogen-bond donors (Lipinski definition) is 2. The molecule has 3 heterocycles. The van der Waals surface area contributed by atoms with Crippen molar-refractivity contribution in [3.05, 3.63) is 58.2 Å². The minimum atomic E-state index is -3.96. The van der Waals surface area contributed by atoms with Gasteiger partial charge in [-0.2, -0.15) is 10.1 Å². The molecule has 4 aromatic rings. The maximum Gasteiger partial charge on any atom is 0.263 e. The van der Waals surface area contributed by atoms with Gasteiger partial charge in [0.05, 0.1) is 5.02 Å². The highest BCUT2D eigenvalue weighted by atomic mass is 35.5. The SMILES string of the molecule is Cc1[nH]nc2nc(-c3ccc(NS(=O)(=O)c4cc(Cl)ccc4Cl)cc3)nc(OC3CCN(CCF)CC3)c12. The fourth-order valence-electron chi connectivity index (χ4n) is 4.35. The summed E-state index contributed by atoms with van der Waals surface area (Å²) < 4.78 is 47.2. The van der Waals surface area contributed by atoms with Crippen LogP contribution in [0.1, 0.15) is 18.5 Å². The van der Waals surface area contributed by atoms with Gasteiger partial charge in [-0.1, -0.05) is 23.2 Å². The predicted octanol–water partition coefficient (Wildman–Crippen LogP) is 5.25. The summed E-state index contributed by atoms with van der Waals surface area (Å²) in [6.45, 7) is 3.48. The van der Waals surface area contributed by atoms with Gasteiger partial charge in [0.2, 0.25) is 5.88 Å². The van der Waals surface area contributed by atoms with Gasteiger partial charge in [0, 0.05) is 41.6 Å². The summed E-state index contributed by atoms with van der Waals surface area (Å²) >= 11 is 12.0. The molecule has 0 bridgehead atoms. The lowest BCUT2D eigenvalue weighted by Crippen LogP contribution is -2.39. The molecule has 9 nitrogen and oxygen atoms in total. The molecule has 0 saturated carbocycles. The van der Waals surface area contributed by atoms with Gasteiger partial charge in [-0.3, -0.25) is 9.82 Å². The zero-order valence-corrected chi connectivity index (χ0v) is 22.7. The Morgan fingerprint density at radius 3 is 2.58 bits per heavy atom. The van der Waals surface area contributed by atoms with Gasteiger partial charge < -0.3 is 9.64 Å². The first-order chi connectivity index (χ1) is 18.2. The molecular formula is C25H25Cl2FN6O3S. The Morgan fingerprint density at radius 2 is 1.87 bits per heavy atom. The topological polar surface area (TPSA) is 113 Å². The van der Waals surface area contributed by atoms with Gasteiger partial charge in [0.15, 0.2) is 11.5 Å². The van der Waals surface area contributed by atoms with Crippen molar-refractivity contribution >= 4 is 49.9 Å². The van der Waals surface area contributed by atoms with Crippen molar-refractivity contribution in [2.75, 3.05) is 31.0 Å². The third kappa shape index (κ3) is 5.70. The molecule has 1 aliphatic rings. The molecule has 5 rings (SSSR count). The van der Waals surface area contributed by atoms with E-state index in [0.29, 0.717) is 40.5 Å². The molecule has 13 heteroatoms. The molecule has 0 amide bonds. The number of aromatic amines is 1. The maximum atomic E-state index is 12.8. The summed E-state index contributed by atoms with van der Waals surface area (Å²) in [5, 5.41) is 8.26. The molecule has 0 radical (unpaired) electrons. The van der Waals surface area contributed by atoms with Crippen LogP contribution < -0.4 is 9.46 Å². The summed E-state index contributed by atoms with van der Waals surface area (Å²) in [5.74, 6) is 0.821. The minimum absolute atomic E-state index is 0.0544. The van der Waals surface area contributed by atoms with Gasteiger partial charge in [-0.05, 0) is 62.2 Å². The predicted molar refractivity (Wildman–Crippen MR) is 145 cm³/mol. The van der Waals surface area contributed by atoms with Gasteiger partial charge in [-0.25, -0.2) is 17.8 Å². The average molecular weight is 579 g/mol. The van der Waals surface area contributed by atoms with Crippen molar-refractivity contribution in [2.24, 2.45) is 0 Å². The number of aromatic nitrogens is 4. The number of halogens is 3. The molecule has 0 spiro atoms. The lowest BCUT2D eigenvalue weighted by molar-refractivity contribution is 0.0946. The molecule has 1 aliphatic heterocycles. The Kier molecular flexibility index (Phi) is 7.71. The molecule has 2 aromatic heterocycles. The van der Waals surface area contributed by atoms with Crippen molar-refractivity contribution in [2.45, 2.75) is 30.8 Å². The quantitative estimate of drug-likeness (QED) is 0.293. The van der Waals surface area contributed by atoms with Gasteiger partial charge >= 0.3 is 0 Å². The van der Waals surface area contributed by atoms with Crippen LogP contribution in [0.5, 0.6) is 5.88 Å². The number of alkyl halides is 1. The molecule has 38 heavy (non-hydrogen) atoms. The smallest absolute Gasteiger partial charge is 0.263 e. The first-order valence-corrected chi connectivity index (χ1v) is 14.2. The lowest BCUT2D eigenvalue weighted by Gasteiger charge is -2.31. The Balaban J connectivity index is 1.38. The Morgan fingerprint density at radius 1 is 1.13 bits per heavy atom. The third-order valence-electron chi connectivity index (χ3n) is 6.35. The summed E-state index contributed by atoms with van der Waals surface area (Å²) in [6, 6.07) is 10.9. The zero-order chi connectivity index (χ0) is 26.9. The number of benzene rings is 2. The van der Waals surface area contributed by atoms with E-state index in [2.05, 4.69) is 29.8 Å².